The number of hydrogen-bond donors (Lipinski definition) is 0. The fourth-order valence-electron chi connectivity index (χ4n) is 1.73. The highest BCUT2D eigenvalue weighted by atomic mass is 127. The van der Waals surface area contributed by atoms with Crippen LogP contribution in [0.25, 0.3) is 11.4 Å². The van der Waals surface area contributed by atoms with E-state index >= 15 is 0 Å². The summed E-state index contributed by atoms with van der Waals surface area (Å²) in [5, 5.41) is 1.22. The zero-order valence-corrected chi connectivity index (χ0v) is 14.3. The lowest BCUT2D eigenvalue weighted by atomic mass is 10.1. The Morgan fingerprint density at radius 3 is 2.58 bits per heavy atom. The Morgan fingerprint density at radius 2 is 1.95 bits per heavy atom. The summed E-state index contributed by atoms with van der Waals surface area (Å²) in [6.45, 7) is 4.09. The van der Waals surface area contributed by atoms with Crippen LogP contribution in [0.4, 0.5) is 0 Å². The molecule has 5 heteroatoms. The Kier molecular flexibility index (Phi) is 5.03. The van der Waals surface area contributed by atoms with E-state index in [4.69, 9.17) is 23.2 Å². The van der Waals surface area contributed by atoms with Gasteiger partial charge in [0.1, 0.15) is 5.15 Å². The lowest BCUT2D eigenvalue weighted by Crippen LogP contribution is -2.00. The van der Waals surface area contributed by atoms with Gasteiger partial charge in [0.05, 0.1) is 9.26 Å². The highest BCUT2D eigenvalue weighted by molar-refractivity contribution is 14.1. The number of rotatable bonds is 3. The Morgan fingerprint density at radius 1 is 1.21 bits per heavy atom. The molecule has 0 unspecified atom stereocenters. The predicted octanol–water partition coefficient (Wildman–Crippen LogP) is 5.32. The van der Waals surface area contributed by atoms with Crippen molar-refractivity contribution in [3.63, 3.8) is 0 Å². The van der Waals surface area contributed by atoms with Crippen molar-refractivity contribution in [2.24, 2.45) is 0 Å². The molecular weight excluding hydrogens is 394 g/mol. The molecule has 0 aliphatic carbocycles. The second kappa shape index (κ2) is 6.37. The summed E-state index contributed by atoms with van der Waals surface area (Å²) in [7, 11) is 0. The second-order valence-corrected chi connectivity index (χ2v) is 6.16. The van der Waals surface area contributed by atoms with Crippen LogP contribution in [0.1, 0.15) is 24.6 Å². The maximum atomic E-state index is 6.18. The van der Waals surface area contributed by atoms with Crippen LogP contribution in [0.15, 0.2) is 18.2 Å². The number of halogens is 3. The normalized spacial score (nSPS) is 10.8. The molecule has 100 valence electrons. The summed E-state index contributed by atoms with van der Waals surface area (Å²) >= 11 is 14.5. The minimum absolute atomic E-state index is 0.505. The molecule has 0 bridgehead atoms. The van der Waals surface area contributed by atoms with Gasteiger partial charge in [0.25, 0.3) is 0 Å². The number of aryl methyl sites for hydroxylation is 2. The minimum atomic E-state index is 0.505. The Labute approximate surface area is 136 Å². The van der Waals surface area contributed by atoms with Crippen molar-refractivity contribution in [3.8, 4) is 11.4 Å². The average Bonchev–Trinajstić information content (AvgIpc) is 2.38. The van der Waals surface area contributed by atoms with Gasteiger partial charge >= 0.3 is 0 Å². The number of benzene rings is 1. The van der Waals surface area contributed by atoms with E-state index in [9.17, 15) is 0 Å². The first kappa shape index (κ1) is 15.0. The van der Waals surface area contributed by atoms with Gasteiger partial charge in [-0.25, -0.2) is 9.97 Å². The Balaban J connectivity index is 2.52. The third-order valence-electron chi connectivity index (χ3n) is 2.80. The van der Waals surface area contributed by atoms with Crippen molar-refractivity contribution in [2.75, 3.05) is 0 Å². The third kappa shape index (κ3) is 3.38. The van der Waals surface area contributed by atoms with E-state index in [2.05, 4.69) is 39.5 Å². The molecule has 2 rings (SSSR count). The molecule has 0 N–H and O–H groups in total. The maximum absolute atomic E-state index is 6.18. The van der Waals surface area contributed by atoms with E-state index in [0.717, 1.165) is 33.2 Å². The van der Waals surface area contributed by atoms with Gasteiger partial charge in [-0.15, -0.1) is 0 Å². The van der Waals surface area contributed by atoms with Crippen molar-refractivity contribution in [1.82, 2.24) is 9.97 Å². The molecule has 2 aromatic rings. The first-order valence-electron chi connectivity index (χ1n) is 6.01. The standard InChI is InChI=1S/C14H13Cl2IN2/c1-3-4-11-12(17)13(16)19-14(18-11)9-6-5-8(2)10(15)7-9/h5-7H,3-4H2,1-2H3. The topological polar surface area (TPSA) is 25.8 Å². The van der Waals surface area contributed by atoms with Gasteiger partial charge in [0, 0.05) is 10.6 Å². The number of aromatic nitrogens is 2. The average molecular weight is 407 g/mol. The van der Waals surface area contributed by atoms with E-state index in [1.165, 1.54) is 0 Å². The molecular formula is C14H13Cl2IN2. The molecule has 2 nitrogen and oxygen atoms in total. The van der Waals surface area contributed by atoms with E-state index in [1.54, 1.807) is 0 Å². The third-order valence-corrected chi connectivity index (χ3v) is 4.93. The number of hydrogen-bond acceptors (Lipinski definition) is 2. The lowest BCUT2D eigenvalue weighted by Gasteiger charge is -2.08. The van der Waals surface area contributed by atoms with Crippen LogP contribution in [-0.4, -0.2) is 9.97 Å². The molecule has 19 heavy (non-hydrogen) atoms. The zero-order valence-electron chi connectivity index (χ0n) is 10.7. The summed E-state index contributed by atoms with van der Waals surface area (Å²) in [5.41, 5.74) is 2.93. The maximum Gasteiger partial charge on any atom is 0.161 e. The summed E-state index contributed by atoms with van der Waals surface area (Å²) in [6.07, 6.45) is 1.92. The van der Waals surface area contributed by atoms with Gasteiger partial charge in [0.15, 0.2) is 5.82 Å². The molecule has 0 saturated heterocycles. The molecule has 1 heterocycles. The van der Waals surface area contributed by atoms with Crippen molar-refractivity contribution < 1.29 is 0 Å². The number of nitrogens with zero attached hydrogens (tertiary/aromatic N) is 2. The summed E-state index contributed by atoms with van der Waals surface area (Å²) in [4.78, 5) is 8.95. The molecule has 0 radical (unpaired) electrons. The van der Waals surface area contributed by atoms with E-state index in [-0.39, 0.29) is 0 Å². The quantitative estimate of drug-likeness (QED) is 0.509. The molecule has 0 aliphatic heterocycles. The van der Waals surface area contributed by atoms with Crippen molar-refractivity contribution >= 4 is 45.8 Å². The Bertz CT molecular complexity index is 615. The molecule has 0 atom stereocenters. The van der Waals surface area contributed by atoms with Gasteiger partial charge in [0.2, 0.25) is 0 Å². The van der Waals surface area contributed by atoms with Gasteiger partial charge in [-0.05, 0) is 47.6 Å². The van der Waals surface area contributed by atoms with Gasteiger partial charge in [-0.3, -0.25) is 0 Å². The molecule has 0 amide bonds. The highest BCUT2D eigenvalue weighted by Gasteiger charge is 2.12. The summed E-state index contributed by atoms with van der Waals surface area (Å²) < 4.78 is 0.933. The van der Waals surface area contributed by atoms with Crippen LogP contribution in [0.2, 0.25) is 10.2 Å². The van der Waals surface area contributed by atoms with Gasteiger partial charge in [-0.1, -0.05) is 48.7 Å². The minimum Gasteiger partial charge on any atom is -0.232 e. The SMILES string of the molecule is CCCc1nc(-c2ccc(C)c(Cl)c2)nc(Cl)c1I. The van der Waals surface area contributed by atoms with Crippen LogP contribution >= 0.6 is 45.8 Å². The Hall–Kier alpha value is -0.390. The highest BCUT2D eigenvalue weighted by Crippen LogP contribution is 2.27. The molecule has 0 spiro atoms. The van der Waals surface area contributed by atoms with E-state index < -0.39 is 0 Å². The summed E-state index contributed by atoms with van der Waals surface area (Å²) in [6, 6.07) is 5.81. The van der Waals surface area contributed by atoms with Crippen molar-refractivity contribution in [3.05, 3.63) is 43.2 Å². The van der Waals surface area contributed by atoms with Crippen molar-refractivity contribution in [1.29, 1.82) is 0 Å². The fourth-order valence-corrected chi connectivity index (χ4v) is 2.61. The lowest BCUT2D eigenvalue weighted by molar-refractivity contribution is 0.867. The first-order chi connectivity index (χ1) is 9.02. The zero-order chi connectivity index (χ0) is 14.0. The first-order valence-corrected chi connectivity index (χ1v) is 7.84. The molecule has 0 saturated carbocycles. The van der Waals surface area contributed by atoms with Crippen LogP contribution in [-0.2, 0) is 6.42 Å². The molecule has 0 fully saturated rings. The predicted molar refractivity (Wildman–Crippen MR) is 88.9 cm³/mol. The van der Waals surface area contributed by atoms with Crippen LogP contribution in [0, 0.1) is 10.5 Å². The van der Waals surface area contributed by atoms with E-state index in [1.807, 2.05) is 25.1 Å². The molecule has 1 aromatic heterocycles. The summed E-state index contributed by atoms with van der Waals surface area (Å²) in [5.74, 6) is 0.635. The van der Waals surface area contributed by atoms with Crippen LogP contribution < -0.4 is 0 Å². The molecule has 0 aliphatic rings. The monoisotopic (exact) mass is 406 g/mol. The largest absolute Gasteiger partial charge is 0.232 e. The van der Waals surface area contributed by atoms with Gasteiger partial charge in [-0.2, -0.15) is 0 Å². The van der Waals surface area contributed by atoms with Crippen molar-refractivity contribution in [2.45, 2.75) is 26.7 Å². The smallest absolute Gasteiger partial charge is 0.161 e. The van der Waals surface area contributed by atoms with Crippen LogP contribution in [0.5, 0.6) is 0 Å². The fraction of sp³-hybridized carbons (Fsp3) is 0.286. The second-order valence-electron chi connectivity index (χ2n) is 4.31. The van der Waals surface area contributed by atoms with Gasteiger partial charge < -0.3 is 0 Å². The van der Waals surface area contributed by atoms with Crippen LogP contribution in [0.3, 0.4) is 0 Å². The molecule has 1 aromatic carbocycles. The van der Waals surface area contributed by atoms with E-state index in [0.29, 0.717) is 16.0 Å².